The number of amides is 4. The number of carbonyl (C=O) groups excluding carboxylic acids is 7. The lowest BCUT2D eigenvalue weighted by Gasteiger charge is -2.20. The van der Waals surface area contributed by atoms with Crippen LogP contribution in [0.3, 0.4) is 0 Å². The minimum absolute atomic E-state index is 0.00730. The topological polar surface area (TPSA) is 314 Å². The Kier molecular flexibility index (Phi) is 19.5. The number of nitrogens with one attached hydrogen (secondary N) is 2. The van der Waals surface area contributed by atoms with Gasteiger partial charge in [-0.3, -0.25) is 34.6 Å². The highest BCUT2D eigenvalue weighted by molar-refractivity contribution is 6.10. The number of ketones is 3. The third-order valence-corrected chi connectivity index (χ3v) is 13.1. The standard InChI is InChI=1S/C24H25N3O4.C24H24N2O5.C19H17N3O2/c1-14(28)19-11-18-10-9-17(15-5-7-16(8-6-15)22(25)29)12-20(18)26-21(13-19)27-23(30)31-24(2,3)4;1-14(27)19-11-18-10-9-17(15-5-7-16(8-6-15)22(28)29)12-20(18)25-21(13-19)26-23(30)31-24(2,3)4;1-11(23)16-8-15-7-6-14(9-17(15)22-18(20)10-16)12-2-4-13(5-3-12)19(21)24/h5-12H,13H2,1-4H3,(H2,25,29)(H,26,27,30);5-12H,13H2,1-4H3,(H,28,29)(H,25,26,30);2-9H,10H2,1H3,(H2,20,22)(H2,21,24). The Morgan fingerprint density at radius 2 is 0.721 bits per heavy atom. The number of aliphatic imine (C=N–C) groups is 3. The Labute approximate surface area is 497 Å². The molecule has 0 saturated carbocycles. The maximum absolute atomic E-state index is 12.2. The molecule has 4 amide bonds. The minimum atomic E-state index is -0.988. The Balaban J connectivity index is 0.000000186. The third kappa shape index (κ3) is 17.4. The smallest absolute Gasteiger partial charge is 0.413 e. The van der Waals surface area contributed by atoms with E-state index in [1.165, 1.54) is 32.9 Å². The van der Waals surface area contributed by atoms with Crippen molar-refractivity contribution in [3.8, 4) is 33.4 Å². The summed E-state index contributed by atoms with van der Waals surface area (Å²) in [5.41, 5.74) is 27.5. The number of fused-ring (bicyclic) bond motifs is 3. The highest BCUT2D eigenvalue weighted by atomic mass is 16.6. The molecule has 3 aliphatic heterocycles. The third-order valence-electron chi connectivity index (χ3n) is 13.1. The number of hydrogen-bond acceptors (Lipinski definition) is 14. The summed E-state index contributed by atoms with van der Waals surface area (Å²) in [4.78, 5) is 107. The molecule has 9 N–H and O–H groups in total. The first-order chi connectivity index (χ1) is 40.5. The molecule has 19 nitrogen and oxygen atoms in total. The molecule has 0 bridgehead atoms. The summed E-state index contributed by atoms with van der Waals surface area (Å²) in [7, 11) is 0. The number of carbonyl (C=O) groups is 8. The van der Waals surface area contributed by atoms with Gasteiger partial charge in [0.15, 0.2) is 17.3 Å². The summed E-state index contributed by atoms with van der Waals surface area (Å²) in [6.45, 7) is 15.1. The second kappa shape index (κ2) is 26.7. The normalized spacial score (nSPS) is 13.3. The second-order valence-corrected chi connectivity index (χ2v) is 22.3. The Hall–Kier alpha value is -10.7. The highest BCUT2D eigenvalue weighted by Gasteiger charge is 2.24. The van der Waals surface area contributed by atoms with Gasteiger partial charge in [-0.05, 0) is 169 Å². The van der Waals surface area contributed by atoms with Crippen molar-refractivity contribution in [2.24, 2.45) is 32.2 Å². The second-order valence-electron chi connectivity index (χ2n) is 22.3. The van der Waals surface area contributed by atoms with E-state index in [-0.39, 0.29) is 35.8 Å². The lowest BCUT2D eigenvalue weighted by molar-refractivity contribution is -0.114. The zero-order chi connectivity index (χ0) is 62.8. The van der Waals surface area contributed by atoms with Gasteiger partial charge in [0.1, 0.15) is 28.7 Å². The van der Waals surface area contributed by atoms with E-state index in [1.54, 1.807) is 102 Å². The molecule has 86 heavy (non-hydrogen) atoms. The predicted octanol–water partition coefficient (Wildman–Crippen LogP) is 12.2. The Morgan fingerprint density at radius 1 is 0.430 bits per heavy atom. The summed E-state index contributed by atoms with van der Waals surface area (Å²) in [6.07, 6.45) is 4.83. The van der Waals surface area contributed by atoms with Gasteiger partial charge in [0.25, 0.3) is 0 Å². The van der Waals surface area contributed by atoms with E-state index >= 15 is 0 Å². The SMILES string of the molecule is CC(=O)C1=Cc2ccc(-c3ccc(C(=O)O)cc3)cc2N=C(NC(=O)OC(C)(C)C)C1.CC(=O)C1=Cc2ccc(-c3ccc(C(N)=O)cc3)cc2N=C(N)C1.CC(=O)C1=Cc2ccc(-c3ccc(C(N)=O)cc3)cc2N=C(NC(=O)OC(C)(C)C)C1. The monoisotopic (exact) mass is 1160 g/mol. The number of aromatic carboxylic acids is 1. The molecule has 3 aliphatic rings. The number of Topliss-reactive ketones (excluding diaryl/α,β-unsaturated/α-hetero) is 3. The van der Waals surface area contributed by atoms with Gasteiger partial charge < -0.3 is 31.8 Å². The Bertz CT molecular complexity index is 3730. The van der Waals surface area contributed by atoms with Crippen LogP contribution >= 0.6 is 0 Å². The van der Waals surface area contributed by atoms with Gasteiger partial charge in [0, 0.05) is 63.8 Å². The molecule has 0 spiro atoms. The molecule has 0 atom stereocenters. The lowest BCUT2D eigenvalue weighted by atomic mass is 9.99. The van der Waals surface area contributed by atoms with Crippen molar-refractivity contribution >= 4 is 100 Å². The molecule has 0 aliphatic carbocycles. The van der Waals surface area contributed by atoms with Gasteiger partial charge >= 0.3 is 18.2 Å². The first kappa shape index (κ1) is 62.9. The summed E-state index contributed by atoms with van der Waals surface area (Å²) in [5.74, 6) is -1.09. The maximum Gasteiger partial charge on any atom is 0.413 e. The van der Waals surface area contributed by atoms with Crippen molar-refractivity contribution in [3.63, 3.8) is 0 Å². The van der Waals surface area contributed by atoms with Crippen molar-refractivity contribution in [2.45, 2.75) is 92.8 Å². The van der Waals surface area contributed by atoms with Crippen LogP contribution in [0.4, 0.5) is 26.7 Å². The fourth-order valence-corrected chi connectivity index (χ4v) is 8.79. The van der Waals surface area contributed by atoms with Crippen LogP contribution in [0.25, 0.3) is 51.6 Å². The molecule has 19 heteroatoms. The molecule has 6 aromatic carbocycles. The van der Waals surface area contributed by atoms with Crippen LogP contribution in [0.5, 0.6) is 0 Å². The number of nitrogens with two attached hydrogens (primary N) is 3. The summed E-state index contributed by atoms with van der Waals surface area (Å²) in [5, 5.41) is 14.4. The van der Waals surface area contributed by atoms with E-state index in [0.29, 0.717) is 63.1 Å². The van der Waals surface area contributed by atoms with Crippen LogP contribution < -0.4 is 27.8 Å². The fourth-order valence-electron chi connectivity index (χ4n) is 8.79. The summed E-state index contributed by atoms with van der Waals surface area (Å²) < 4.78 is 10.6. The van der Waals surface area contributed by atoms with E-state index in [4.69, 9.17) is 31.8 Å². The average molecular weight is 1160 g/mol. The number of carboxylic acids is 1. The van der Waals surface area contributed by atoms with Crippen molar-refractivity contribution in [1.82, 2.24) is 10.6 Å². The molecule has 0 unspecified atom stereocenters. The predicted molar refractivity (Wildman–Crippen MR) is 334 cm³/mol. The van der Waals surface area contributed by atoms with Crippen molar-refractivity contribution in [3.05, 3.63) is 177 Å². The lowest BCUT2D eigenvalue weighted by Crippen LogP contribution is -2.36. The molecule has 6 aromatic rings. The van der Waals surface area contributed by atoms with Gasteiger partial charge in [-0.15, -0.1) is 0 Å². The first-order valence-corrected chi connectivity index (χ1v) is 27.2. The van der Waals surface area contributed by atoms with Crippen LogP contribution in [0, 0.1) is 0 Å². The van der Waals surface area contributed by atoms with Crippen molar-refractivity contribution in [1.29, 1.82) is 0 Å². The largest absolute Gasteiger partial charge is 0.478 e. The number of amidine groups is 3. The number of nitrogens with zero attached hydrogens (tertiary/aromatic N) is 3. The number of alkyl carbamates (subject to hydrolysis) is 2. The number of benzene rings is 6. The molecule has 9 rings (SSSR count). The molecule has 0 aromatic heterocycles. The maximum atomic E-state index is 12.2. The number of hydrogen-bond donors (Lipinski definition) is 6. The Morgan fingerprint density at radius 3 is 1.01 bits per heavy atom. The van der Waals surface area contributed by atoms with Gasteiger partial charge in [-0.25, -0.2) is 29.4 Å². The van der Waals surface area contributed by atoms with Crippen LogP contribution in [-0.2, 0) is 23.9 Å². The van der Waals surface area contributed by atoms with Crippen LogP contribution in [-0.4, -0.2) is 81.1 Å². The van der Waals surface area contributed by atoms with E-state index in [0.717, 1.165) is 55.8 Å². The summed E-state index contributed by atoms with van der Waals surface area (Å²) in [6, 6.07) is 37.5. The van der Waals surface area contributed by atoms with Gasteiger partial charge in [0.05, 0.1) is 22.6 Å². The van der Waals surface area contributed by atoms with Crippen LogP contribution in [0.2, 0.25) is 0 Å². The highest BCUT2D eigenvalue weighted by Crippen LogP contribution is 2.35. The van der Waals surface area contributed by atoms with Crippen LogP contribution in [0.15, 0.2) is 159 Å². The molecule has 0 fully saturated rings. The zero-order valence-corrected chi connectivity index (χ0v) is 49.1. The van der Waals surface area contributed by atoms with Crippen molar-refractivity contribution < 1.29 is 52.9 Å². The van der Waals surface area contributed by atoms with Crippen LogP contribution in [0.1, 0.15) is 129 Å². The van der Waals surface area contributed by atoms with Gasteiger partial charge in [0.2, 0.25) is 11.8 Å². The quantitative estimate of drug-likeness (QED) is 0.0787. The minimum Gasteiger partial charge on any atom is -0.478 e. The number of carboxylic acid groups (broad SMARTS) is 1. The fraction of sp³-hybridized carbons (Fsp3) is 0.209. The summed E-state index contributed by atoms with van der Waals surface area (Å²) >= 11 is 0. The zero-order valence-electron chi connectivity index (χ0n) is 49.1. The molecule has 440 valence electrons. The van der Waals surface area contributed by atoms with Crippen molar-refractivity contribution in [2.75, 3.05) is 0 Å². The van der Waals surface area contributed by atoms with Gasteiger partial charge in [-0.1, -0.05) is 72.8 Å². The number of ether oxygens (including phenoxy) is 2. The van der Waals surface area contributed by atoms with E-state index < -0.39 is 41.2 Å². The van der Waals surface area contributed by atoms with E-state index in [1.807, 2.05) is 72.8 Å². The molecule has 3 heterocycles. The molecule has 0 radical (unpaired) electrons. The van der Waals surface area contributed by atoms with Gasteiger partial charge in [-0.2, -0.15) is 0 Å². The van der Waals surface area contributed by atoms with E-state index in [2.05, 4.69) is 25.6 Å². The molecule has 0 saturated heterocycles. The average Bonchev–Trinajstić information content (AvgIpc) is 1.84. The van der Waals surface area contributed by atoms with E-state index in [9.17, 15) is 38.4 Å². The molecular weight excluding hydrogens is 1090 g/mol. The first-order valence-electron chi connectivity index (χ1n) is 27.2. The number of primary amides is 2. The number of rotatable bonds is 9. The molecular formula is C67H66N8O11.